The number of nitrogens with zero attached hydrogens (tertiary/aromatic N) is 2. The molecule has 1 aliphatic heterocycles. The maximum Gasteiger partial charge on any atom is 0.410 e. The molecule has 1 saturated carbocycles. The van der Waals surface area contributed by atoms with Gasteiger partial charge in [-0.2, -0.15) is 0 Å². The average Bonchev–Trinajstić information content (AvgIpc) is 3.41. The summed E-state index contributed by atoms with van der Waals surface area (Å²) < 4.78 is 11.1. The molecule has 1 aromatic carbocycles. The number of benzene rings is 1. The fourth-order valence-corrected chi connectivity index (χ4v) is 5.37. The van der Waals surface area contributed by atoms with Crippen molar-refractivity contribution in [2.24, 2.45) is 11.8 Å². The highest BCUT2D eigenvalue weighted by atomic mass is 16.6. The molecule has 2 amide bonds. The van der Waals surface area contributed by atoms with Crippen LogP contribution in [-0.2, 0) is 4.74 Å². The van der Waals surface area contributed by atoms with Crippen LogP contribution in [-0.4, -0.2) is 53.2 Å². The second-order valence-corrected chi connectivity index (χ2v) is 11.1. The summed E-state index contributed by atoms with van der Waals surface area (Å²) in [6.07, 6.45) is 7.13. The van der Waals surface area contributed by atoms with Crippen molar-refractivity contribution in [1.29, 1.82) is 0 Å². The number of hydrogen-bond acceptors (Lipinski definition) is 5. The van der Waals surface area contributed by atoms with E-state index in [1.165, 1.54) is 0 Å². The second-order valence-electron chi connectivity index (χ2n) is 11.1. The predicted molar refractivity (Wildman–Crippen MR) is 150 cm³/mol. The molecule has 38 heavy (non-hydrogen) atoms. The lowest BCUT2D eigenvalue weighted by Gasteiger charge is -2.25. The zero-order chi connectivity index (χ0) is 27.4. The van der Waals surface area contributed by atoms with E-state index in [-0.39, 0.29) is 18.0 Å². The topological polar surface area (TPSA) is 80.8 Å². The van der Waals surface area contributed by atoms with Gasteiger partial charge in [-0.3, -0.25) is 4.79 Å². The van der Waals surface area contributed by atoms with Gasteiger partial charge in [-0.25, -0.2) is 9.78 Å². The summed E-state index contributed by atoms with van der Waals surface area (Å²) in [4.78, 5) is 32.6. The number of aromatic nitrogens is 1. The van der Waals surface area contributed by atoms with Crippen LogP contribution in [0.3, 0.4) is 0 Å². The van der Waals surface area contributed by atoms with Crippen LogP contribution in [0.1, 0.15) is 57.8 Å². The van der Waals surface area contributed by atoms with Gasteiger partial charge in [-0.15, -0.1) is 0 Å². The van der Waals surface area contributed by atoms with Gasteiger partial charge in [0.25, 0.3) is 5.91 Å². The Bertz CT molecular complexity index is 1300. The molecule has 2 aliphatic rings. The van der Waals surface area contributed by atoms with Crippen molar-refractivity contribution in [2.75, 3.05) is 19.7 Å². The number of carbonyl (C=O) groups is 2. The lowest BCUT2D eigenvalue weighted by molar-refractivity contribution is 0.0278. The van der Waals surface area contributed by atoms with Crippen LogP contribution in [0.25, 0.3) is 23.9 Å². The fraction of sp³-hybridized carbons (Fsp3) is 0.452. The van der Waals surface area contributed by atoms with Crippen molar-refractivity contribution < 1.29 is 19.1 Å². The molecular weight excluding hydrogens is 478 g/mol. The van der Waals surface area contributed by atoms with Gasteiger partial charge in [0, 0.05) is 29.9 Å². The van der Waals surface area contributed by atoms with Crippen LogP contribution in [0.4, 0.5) is 4.79 Å². The highest BCUT2D eigenvalue weighted by molar-refractivity contribution is 5.96. The number of rotatable bonds is 6. The first kappa shape index (κ1) is 27.4. The summed E-state index contributed by atoms with van der Waals surface area (Å²) in [6, 6.07) is 9.59. The van der Waals surface area contributed by atoms with Gasteiger partial charge in [0.15, 0.2) is 0 Å². The monoisotopic (exact) mass is 517 g/mol. The lowest BCUT2D eigenvalue weighted by atomic mass is 10.0. The zero-order valence-electron chi connectivity index (χ0n) is 23.1. The summed E-state index contributed by atoms with van der Waals surface area (Å²) in [5.41, 5.74) is 1.63. The number of likely N-dealkylation sites (tertiary alicyclic amines) is 1. The van der Waals surface area contributed by atoms with E-state index in [4.69, 9.17) is 14.5 Å². The first-order chi connectivity index (χ1) is 18.1. The van der Waals surface area contributed by atoms with Crippen molar-refractivity contribution in [3.8, 4) is 17.0 Å². The Morgan fingerprint density at radius 2 is 1.82 bits per heavy atom. The Hall–Kier alpha value is -3.61. The SMILES string of the molecule is C=c1nc(-c2ccc(OCC)cc2)cc(C(=O)NC2CC3CN(C(=O)OC(C)(C)C)C[C@@H]3C2)/c1=C/C=C\C. The highest BCUT2D eigenvalue weighted by Gasteiger charge is 2.43. The Balaban J connectivity index is 1.50. The molecule has 2 unspecified atom stereocenters. The molecule has 1 aromatic heterocycles. The third-order valence-corrected chi connectivity index (χ3v) is 7.04. The lowest BCUT2D eigenvalue weighted by Crippen LogP contribution is -2.41. The first-order valence-corrected chi connectivity index (χ1v) is 13.4. The predicted octanol–water partition coefficient (Wildman–Crippen LogP) is 4.29. The fourth-order valence-electron chi connectivity index (χ4n) is 5.37. The smallest absolute Gasteiger partial charge is 0.410 e. The van der Waals surface area contributed by atoms with E-state index in [0.29, 0.717) is 53.4 Å². The van der Waals surface area contributed by atoms with E-state index < -0.39 is 5.60 Å². The molecule has 1 saturated heterocycles. The molecular formula is C31H39N3O4. The van der Waals surface area contributed by atoms with Crippen LogP contribution >= 0.6 is 0 Å². The van der Waals surface area contributed by atoms with Gasteiger partial charge < -0.3 is 19.7 Å². The maximum absolute atomic E-state index is 13.6. The van der Waals surface area contributed by atoms with Gasteiger partial charge in [-0.05, 0) is 89.6 Å². The van der Waals surface area contributed by atoms with Crippen molar-refractivity contribution in [3.05, 3.63) is 58.6 Å². The minimum atomic E-state index is -0.505. The van der Waals surface area contributed by atoms with Gasteiger partial charge in [0.1, 0.15) is 11.4 Å². The number of nitrogens with one attached hydrogen (secondary N) is 1. The quantitative estimate of drug-likeness (QED) is 0.618. The molecule has 7 nitrogen and oxygen atoms in total. The molecule has 7 heteroatoms. The number of fused-ring (bicyclic) bond motifs is 1. The molecule has 1 N–H and O–H groups in total. The summed E-state index contributed by atoms with van der Waals surface area (Å²) in [7, 11) is 0. The third kappa shape index (κ3) is 6.44. The van der Waals surface area contributed by atoms with Gasteiger partial charge in [-0.1, -0.05) is 24.8 Å². The van der Waals surface area contributed by atoms with E-state index in [2.05, 4.69) is 11.9 Å². The summed E-state index contributed by atoms with van der Waals surface area (Å²) >= 11 is 0. The Kier molecular flexibility index (Phi) is 8.24. The minimum absolute atomic E-state index is 0.0585. The number of ether oxygens (including phenoxy) is 2. The van der Waals surface area contributed by atoms with E-state index in [0.717, 1.165) is 24.2 Å². The average molecular weight is 518 g/mol. The van der Waals surface area contributed by atoms with Crippen LogP contribution in [0, 0.1) is 11.8 Å². The number of hydrogen-bond donors (Lipinski definition) is 1. The standard InChI is InChI=1S/C31H39N3O4/c1-7-9-10-26-20(3)32-28(21-11-13-25(14-12-21)37-8-2)17-27(26)29(35)33-24-15-22-18-34(19-23(22)16-24)30(36)38-31(4,5)6/h7,9-14,17,22-24H,3,8,15-16,18-19H2,1-2,4-6H3,(H,33,35)/b9-7-,26-10+/t22-,23?,24?/m0/s1. The van der Waals surface area contributed by atoms with E-state index in [1.807, 2.05) is 88.1 Å². The molecule has 2 heterocycles. The number of allylic oxidation sites excluding steroid dienone is 2. The summed E-state index contributed by atoms with van der Waals surface area (Å²) in [5, 5.41) is 4.53. The number of amides is 2. The molecule has 2 aromatic rings. The first-order valence-electron chi connectivity index (χ1n) is 13.4. The van der Waals surface area contributed by atoms with Crippen molar-refractivity contribution in [1.82, 2.24) is 15.2 Å². The summed E-state index contributed by atoms with van der Waals surface area (Å²) in [5.74, 6) is 1.39. The van der Waals surface area contributed by atoms with E-state index >= 15 is 0 Å². The summed E-state index contributed by atoms with van der Waals surface area (Å²) in [6.45, 7) is 15.6. The molecule has 2 fully saturated rings. The van der Waals surface area contributed by atoms with Gasteiger partial charge >= 0.3 is 6.09 Å². The molecule has 0 bridgehead atoms. The van der Waals surface area contributed by atoms with Crippen LogP contribution < -0.4 is 20.6 Å². The Morgan fingerprint density at radius 1 is 1.16 bits per heavy atom. The Morgan fingerprint density at radius 3 is 2.39 bits per heavy atom. The minimum Gasteiger partial charge on any atom is -0.494 e. The Labute approximate surface area is 225 Å². The molecule has 1 aliphatic carbocycles. The molecule has 202 valence electrons. The number of carbonyl (C=O) groups excluding carboxylic acids is 2. The normalized spacial score (nSPS) is 21.6. The third-order valence-electron chi connectivity index (χ3n) is 7.04. The highest BCUT2D eigenvalue weighted by Crippen LogP contribution is 2.38. The molecule has 3 atom stereocenters. The van der Waals surface area contributed by atoms with Crippen LogP contribution in [0.2, 0.25) is 0 Å². The molecule has 0 spiro atoms. The van der Waals surface area contributed by atoms with E-state index in [9.17, 15) is 9.59 Å². The maximum atomic E-state index is 13.6. The van der Waals surface area contributed by atoms with E-state index in [1.54, 1.807) is 0 Å². The largest absolute Gasteiger partial charge is 0.494 e. The second kappa shape index (κ2) is 11.4. The van der Waals surface area contributed by atoms with Crippen LogP contribution in [0.5, 0.6) is 5.75 Å². The molecule has 0 radical (unpaired) electrons. The van der Waals surface area contributed by atoms with Crippen molar-refractivity contribution in [3.63, 3.8) is 0 Å². The van der Waals surface area contributed by atoms with Gasteiger partial charge in [0.05, 0.1) is 23.2 Å². The number of pyridine rings is 1. The van der Waals surface area contributed by atoms with Crippen molar-refractivity contribution >= 4 is 24.7 Å². The zero-order valence-corrected chi connectivity index (χ0v) is 23.1. The van der Waals surface area contributed by atoms with Crippen molar-refractivity contribution in [2.45, 2.75) is 59.1 Å². The van der Waals surface area contributed by atoms with Gasteiger partial charge in [0.2, 0.25) is 0 Å². The molecule has 4 rings (SSSR count). The van der Waals surface area contributed by atoms with Crippen LogP contribution in [0.15, 0.2) is 42.5 Å².